The Morgan fingerprint density at radius 2 is 2.12 bits per heavy atom. The summed E-state index contributed by atoms with van der Waals surface area (Å²) in [5.41, 5.74) is 1.17. The topological polar surface area (TPSA) is 81.4 Å². The number of hydrogen-bond donors (Lipinski definition) is 0. The van der Waals surface area contributed by atoms with Crippen LogP contribution >= 0.6 is 0 Å². The van der Waals surface area contributed by atoms with Crippen LogP contribution in [0.3, 0.4) is 0 Å². The number of fused-ring (bicyclic) bond motifs is 1. The fourth-order valence-electron chi connectivity index (χ4n) is 3.33. The molecule has 1 atom stereocenters. The molecule has 3 heterocycles. The monoisotopic (exact) mass is 352 g/mol. The van der Waals surface area contributed by atoms with Crippen molar-refractivity contribution in [3.05, 3.63) is 36.2 Å². The summed E-state index contributed by atoms with van der Waals surface area (Å²) in [7, 11) is 1.64. The first-order chi connectivity index (χ1) is 12.5. The normalized spacial score (nSPS) is 19.9. The van der Waals surface area contributed by atoms with E-state index < -0.39 is 0 Å². The fourth-order valence-corrected chi connectivity index (χ4v) is 3.33. The third-order valence-corrected chi connectivity index (χ3v) is 4.99. The van der Waals surface area contributed by atoms with Gasteiger partial charge in [-0.15, -0.1) is 0 Å². The average molecular weight is 352 g/mol. The Kier molecular flexibility index (Phi) is 3.86. The molecule has 0 bridgehead atoms. The molecule has 1 unspecified atom stereocenters. The lowest BCUT2D eigenvalue weighted by atomic mass is 9.90. The zero-order valence-electron chi connectivity index (χ0n) is 15.0. The van der Waals surface area contributed by atoms with Gasteiger partial charge in [0.15, 0.2) is 0 Å². The van der Waals surface area contributed by atoms with E-state index >= 15 is 0 Å². The largest absolute Gasteiger partial charge is 0.497 e. The maximum Gasteiger partial charge on any atom is 0.234 e. The Bertz CT molecular complexity index is 984. The third kappa shape index (κ3) is 2.79. The van der Waals surface area contributed by atoms with Crippen molar-refractivity contribution in [2.75, 3.05) is 20.2 Å². The molecule has 0 N–H and O–H groups in total. The van der Waals surface area contributed by atoms with Crippen LogP contribution in [0.5, 0.6) is 5.75 Å². The quantitative estimate of drug-likeness (QED) is 0.721. The van der Waals surface area contributed by atoms with Gasteiger partial charge >= 0.3 is 0 Å². The van der Waals surface area contributed by atoms with Crippen LogP contribution in [-0.2, 0) is 10.2 Å². The summed E-state index contributed by atoms with van der Waals surface area (Å²) in [6.07, 6.45) is 0.805. The molecule has 4 rings (SSSR count). The summed E-state index contributed by atoms with van der Waals surface area (Å²) in [4.78, 5) is 22.6. The molecule has 1 aliphatic heterocycles. The molecule has 2 aromatic heterocycles. The molecular weight excluding hydrogens is 332 g/mol. The van der Waals surface area contributed by atoms with Crippen molar-refractivity contribution in [2.45, 2.75) is 25.7 Å². The van der Waals surface area contributed by atoms with Gasteiger partial charge in [0.1, 0.15) is 11.4 Å². The van der Waals surface area contributed by atoms with E-state index in [4.69, 9.17) is 9.26 Å². The van der Waals surface area contributed by atoms with E-state index in [1.807, 2.05) is 42.2 Å². The van der Waals surface area contributed by atoms with Gasteiger partial charge in [-0.1, -0.05) is 11.2 Å². The Balaban J connectivity index is 1.64. The van der Waals surface area contributed by atoms with E-state index in [0.717, 1.165) is 23.1 Å². The average Bonchev–Trinajstić information content (AvgIpc) is 3.29. The maximum absolute atomic E-state index is 11.6. The second-order valence-corrected chi connectivity index (χ2v) is 6.93. The van der Waals surface area contributed by atoms with Crippen molar-refractivity contribution in [3.8, 4) is 17.3 Å². The second-order valence-electron chi connectivity index (χ2n) is 6.93. The fraction of sp³-hybridized carbons (Fsp3) is 0.368. The smallest absolute Gasteiger partial charge is 0.234 e. The number of benzene rings is 1. The molecule has 3 aromatic rings. The van der Waals surface area contributed by atoms with Gasteiger partial charge in [0.25, 0.3) is 0 Å². The molecular formula is C19H20N4O3. The number of ether oxygens (including phenoxy) is 1. The van der Waals surface area contributed by atoms with Gasteiger partial charge in [-0.25, -0.2) is 4.98 Å². The van der Waals surface area contributed by atoms with Crippen LogP contribution in [0.2, 0.25) is 0 Å². The SMILES string of the molecule is COc1ccc2nc(-c3noc(C4(C)CCN(C(C)=O)C4)n3)ccc2c1. The number of aromatic nitrogens is 3. The molecule has 7 nitrogen and oxygen atoms in total. The van der Waals surface area contributed by atoms with Crippen LogP contribution in [0.1, 0.15) is 26.2 Å². The number of hydrogen-bond acceptors (Lipinski definition) is 6. The highest BCUT2D eigenvalue weighted by Crippen LogP contribution is 2.34. The van der Waals surface area contributed by atoms with Gasteiger partial charge in [-0.05, 0) is 37.6 Å². The minimum atomic E-state index is -0.318. The van der Waals surface area contributed by atoms with E-state index in [9.17, 15) is 4.79 Å². The predicted molar refractivity (Wildman–Crippen MR) is 95.8 cm³/mol. The van der Waals surface area contributed by atoms with E-state index in [1.165, 1.54) is 0 Å². The molecule has 1 aromatic carbocycles. The lowest BCUT2D eigenvalue weighted by Gasteiger charge is -2.19. The molecule has 1 fully saturated rings. The highest BCUT2D eigenvalue weighted by Gasteiger charge is 2.41. The van der Waals surface area contributed by atoms with Crippen molar-refractivity contribution in [1.82, 2.24) is 20.0 Å². The number of pyridine rings is 1. The lowest BCUT2D eigenvalue weighted by molar-refractivity contribution is -0.128. The molecule has 26 heavy (non-hydrogen) atoms. The van der Waals surface area contributed by atoms with Crippen LogP contribution in [0.15, 0.2) is 34.9 Å². The summed E-state index contributed by atoms with van der Waals surface area (Å²) in [6, 6.07) is 9.54. The van der Waals surface area contributed by atoms with Gasteiger partial charge in [-0.3, -0.25) is 4.79 Å². The lowest BCUT2D eigenvalue weighted by Crippen LogP contribution is -2.31. The van der Waals surface area contributed by atoms with Crippen LogP contribution in [0, 0.1) is 0 Å². The van der Waals surface area contributed by atoms with Crippen LogP contribution < -0.4 is 4.74 Å². The van der Waals surface area contributed by atoms with Crippen molar-refractivity contribution in [3.63, 3.8) is 0 Å². The molecule has 134 valence electrons. The molecule has 1 amide bonds. The van der Waals surface area contributed by atoms with Gasteiger partial charge in [-0.2, -0.15) is 4.98 Å². The summed E-state index contributed by atoms with van der Waals surface area (Å²) in [6.45, 7) is 4.93. The Morgan fingerprint density at radius 1 is 1.27 bits per heavy atom. The first-order valence-electron chi connectivity index (χ1n) is 8.53. The molecule has 0 radical (unpaired) electrons. The van der Waals surface area contributed by atoms with Crippen LogP contribution in [-0.4, -0.2) is 46.1 Å². The number of nitrogens with zero attached hydrogens (tertiary/aromatic N) is 4. The number of rotatable bonds is 3. The van der Waals surface area contributed by atoms with Gasteiger partial charge in [0.05, 0.1) is 18.0 Å². The highest BCUT2D eigenvalue weighted by molar-refractivity contribution is 5.82. The molecule has 7 heteroatoms. The first kappa shape index (κ1) is 16.5. The van der Waals surface area contributed by atoms with Crippen molar-refractivity contribution >= 4 is 16.8 Å². The van der Waals surface area contributed by atoms with Crippen molar-refractivity contribution in [1.29, 1.82) is 0 Å². The molecule has 1 saturated heterocycles. The maximum atomic E-state index is 11.6. The van der Waals surface area contributed by atoms with Crippen LogP contribution in [0.25, 0.3) is 22.4 Å². The summed E-state index contributed by atoms with van der Waals surface area (Å²) < 4.78 is 10.8. The standard InChI is InChI=1S/C19H20N4O3/c1-12(24)23-9-8-19(2,11-23)18-21-17(22-26-18)16-6-4-13-10-14(25-3)5-7-15(13)20-16/h4-7,10H,8-9,11H2,1-3H3. The van der Waals surface area contributed by atoms with Crippen LogP contribution in [0.4, 0.5) is 0 Å². The molecule has 1 aliphatic rings. The number of methoxy groups -OCH3 is 1. The highest BCUT2D eigenvalue weighted by atomic mass is 16.5. The Labute approximate surface area is 151 Å². The van der Waals surface area contributed by atoms with Crippen molar-refractivity contribution in [2.24, 2.45) is 0 Å². The summed E-state index contributed by atoms with van der Waals surface area (Å²) in [5.74, 6) is 1.87. The third-order valence-electron chi connectivity index (χ3n) is 4.99. The molecule has 0 aliphatic carbocycles. The second kappa shape index (κ2) is 6.09. The summed E-state index contributed by atoms with van der Waals surface area (Å²) >= 11 is 0. The van der Waals surface area contributed by atoms with E-state index in [-0.39, 0.29) is 11.3 Å². The Hall–Kier alpha value is -2.96. The van der Waals surface area contributed by atoms with E-state index in [0.29, 0.717) is 30.5 Å². The molecule has 0 saturated carbocycles. The number of carbonyl (C=O) groups is 1. The van der Waals surface area contributed by atoms with Crippen molar-refractivity contribution < 1.29 is 14.1 Å². The predicted octanol–water partition coefficient (Wildman–Crippen LogP) is 2.80. The van der Waals surface area contributed by atoms with Gasteiger partial charge in [0, 0.05) is 25.4 Å². The zero-order chi connectivity index (χ0) is 18.3. The molecule has 0 spiro atoms. The van der Waals surface area contributed by atoms with E-state index in [2.05, 4.69) is 15.1 Å². The van der Waals surface area contributed by atoms with E-state index in [1.54, 1.807) is 14.0 Å². The number of likely N-dealkylation sites (tertiary alicyclic amines) is 1. The minimum Gasteiger partial charge on any atom is -0.497 e. The first-order valence-corrected chi connectivity index (χ1v) is 8.53. The number of amides is 1. The van der Waals surface area contributed by atoms with Gasteiger partial charge in [0.2, 0.25) is 17.6 Å². The van der Waals surface area contributed by atoms with Gasteiger partial charge < -0.3 is 14.2 Å². The zero-order valence-corrected chi connectivity index (χ0v) is 15.0. The Morgan fingerprint density at radius 3 is 2.85 bits per heavy atom. The number of carbonyl (C=O) groups excluding carboxylic acids is 1. The minimum absolute atomic E-state index is 0.0695. The summed E-state index contributed by atoms with van der Waals surface area (Å²) in [5, 5.41) is 5.09.